The number of pyridine rings is 1. The molecule has 3 aromatic rings. The third kappa shape index (κ3) is 3.19. The Labute approximate surface area is 130 Å². The lowest BCUT2D eigenvalue weighted by Gasteiger charge is -2.11. The molecule has 1 aromatic heterocycles. The zero-order chi connectivity index (χ0) is 15.4. The molecule has 0 radical (unpaired) electrons. The van der Waals surface area contributed by atoms with Gasteiger partial charge in [-0.05, 0) is 49.2 Å². The number of aromatic nitrogens is 1. The summed E-state index contributed by atoms with van der Waals surface area (Å²) in [5.41, 5.74) is 3.39. The number of ether oxygens (including phenoxy) is 2. The van der Waals surface area contributed by atoms with Crippen LogP contribution in [0.3, 0.4) is 0 Å². The Morgan fingerprint density at radius 2 is 1.68 bits per heavy atom. The van der Waals surface area contributed by atoms with Crippen molar-refractivity contribution in [2.45, 2.75) is 13.8 Å². The van der Waals surface area contributed by atoms with E-state index in [9.17, 15) is 0 Å². The van der Waals surface area contributed by atoms with E-state index in [1.165, 1.54) is 11.1 Å². The third-order valence-corrected chi connectivity index (χ3v) is 3.68. The summed E-state index contributed by atoms with van der Waals surface area (Å²) in [6.45, 7) is 5.17. The molecular formula is C19H19NO2. The summed E-state index contributed by atoms with van der Waals surface area (Å²) in [6.07, 6.45) is 1.78. The van der Waals surface area contributed by atoms with Crippen molar-refractivity contribution >= 4 is 10.9 Å². The van der Waals surface area contributed by atoms with Crippen LogP contribution in [0.15, 0.2) is 54.7 Å². The molecule has 0 atom stereocenters. The summed E-state index contributed by atoms with van der Waals surface area (Å²) in [5.74, 6) is 1.67. The number of para-hydroxylation sites is 1. The van der Waals surface area contributed by atoms with E-state index in [1.807, 2.05) is 36.4 Å². The SMILES string of the molecule is Cc1ccc(OCCOc2cccc3cccnc23)cc1C. The molecule has 0 N–H and O–H groups in total. The van der Waals surface area contributed by atoms with E-state index in [0.717, 1.165) is 22.4 Å². The van der Waals surface area contributed by atoms with Gasteiger partial charge >= 0.3 is 0 Å². The highest BCUT2D eigenvalue weighted by atomic mass is 16.5. The molecule has 112 valence electrons. The molecule has 0 aliphatic carbocycles. The quantitative estimate of drug-likeness (QED) is 0.657. The summed E-state index contributed by atoms with van der Waals surface area (Å²) in [7, 11) is 0. The molecule has 0 unspecified atom stereocenters. The molecular weight excluding hydrogens is 274 g/mol. The Bertz CT molecular complexity index is 778. The molecule has 0 bridgehead atoms. The maximum Gasteiger partial charge on any atom is 0.145 e. The minimum atomic E-state index is 0.489. The van der Waals surface area contributed by atoms with Crippen molar-refractivity contribution in [3.8, 4) is 11.5 Å². The van der Waals surface area contributed by atoms with E-state index >= 15 is 0 Å². The van der Waals surface area contributed by atoms with Gasteiger partial charge in [0.2, 0.25) is 0 Å². The first kappa shape index (κ1) is 14.4. The molecule has 3 rings (SSSR count). The van der Waals surface area contributed by atoms with Gasteiger partial charge in [-0.25, -0.2) is 0 Å². The van der Waals surface area contributed by atoms with Crippen LogP contribution in [-0.2, 0) is 0 Å². The standard InChI is InChI=1S/C19H19NO2/c1-14-8-9-17(13-15(14)2)21-11-12-22-18-7-3-5-16-6-4-10-20-19(16)18/h3-10,13H,11-12H2,1-2H3. The van der Waals surface area contributed by atoms with Crippen LogP contribution in [0.1, 0.15) is 11.1 Å². The van der Waals surface area contributed by atoms with E-state index < -0.39 is 0 Å². The maximum absolute atomic E-state index is 5.81. The zero-order valence-corrected chi connectivity index (χ0v) is 12.9. The second kappa shape index (κ2) is 6.48. The van der Waals surface area contributed by atoms with Gasteiger partial charge in [0, 0.05) is 11.6 Å². The van der Waals surface area contributed by atoms with Crippen molar-refractivity contribution in [1.82, 2.24) is 4.98 Å². The number of rotatable bonds is 5. The summed E-state index contributed by atoms with van der Waals surface area (Å²) < 4.78 is 11.5. The van der Waals surface area contributed by atoms with Gasteiger partial charge in [-0.3, -0.25) is 4.98 Å². The van der Waals surface area contributed by atoms with Crippen molar-refractivity contribution < 1.29 is 9.47 Å². The normalized spacial score (nSPS) is 10.6. The van der Waals surface area contributed by atoms with Crippen LogP contribution in [0.25, 0.3) is 10.9 Å². The molecule has 2 aromatic carbocycles. The zero-order valence-electron chi connectivity index (χ0n) is 12.9. The van der Waals surface area contributed by atoms with Gasteiger partial charge < -0.3 is 9.47 Å². The van der Waals surface area contributed by atoms with Crippen LogP contribution in [0.4, 0.5) is 0 Å². The lowest BCUT2D eigenvalue weighted by Crippen LogP contribution is -2.09. The summed E-state index contributed by atoms with van der Waals surface area (Å²) in [4.78, 5) is 4.37. The highest BCUT2D eigenvalue weighted by Gasteiger charge is 2.03. The first-order valence-corrected chi connectivity index (χ1v) is 7.40. The van der Waals surface area contributed by atoms with Crippen molar-refractivity contribution in [2.75, 3.05) is 13.2 Å². The Morgan fingerprint density at radius 3 is 2.55 bits per heavy atom. The first-order valence-electron chi connectivity index (χ1n) is 7.40. The Kier molecular flexibility index (Phi) is 4.24. The first-order chi connectivity index (χ1) is 10.7. The highest BCUT2D eigenvalue weighted by Crippen LogP contribution is 2.23. The van der Waals surface area contributed by atoms with E-state index in [1.54, 1.807) is 6.20 Å². The van der Waals surface area contributed by atoms with Crippen LogP contribution in [0, 0.1) is 13.8 Å². The lowest BCUT2D eigenvalue weighted by atomic mass is 10.1. The summed E-state index contributed by atoms with van der Waals surface area (Å²) in [6, 6.07) is 16.0. The van der Waals surface area contributed by atoms with Crippen molar-refractivity contribution in [2.24, 2.45) is 0 Å². The Hall–Kier alpha value is -2.55. The van der Waals surface area contributed by atoms with Crippen molar-refractivity contribution in [1.29, 1.82) is 0 Å². The number of hydrogen-bond acceptors (Lipinski definition) is 3. The minimum Gasteiger partial charge on any atom is -0.490 e. The molecule has 0 aliphatic heterocycles. The predicted octanol–water partition coefficient (Wildman–Crippen LogP) is 4.31. The molecule has 22 heavy (non-hydrogen) atoms. The third-order valence-electron chi connectivity index (χ3n) is 3.68. The second-order valence-corrected chi connectivity index (χ2v) is 5.27. The smallest absolute Gasteiger partial charge is 0.145 e. The Balaban J connectivity index is 1.59. The maximum atomic E-state index is 5.81. The highest BCUT2D eigenvalue weighted by molar-refractivity contribution is 5.84. The molecule has 3 nitrogen and oxygen atoms in total. The molecule has 0 saturated heterocycles. The predicted molar refractivity (Wildman–Crippen MR) is 88.6 cm³/mol. The number of benzene rings is 2. The fourth-order valence-corrected chi connectivity index (χ4v) is 2.31. The largest absolute Gasteiger partial charge is 0.490 e. The Morgan fingerprint density at radius 1 is 0.864 bits per heavy atom. The van der Waals surface area contributed by atoms with Gasteiger partial charge in [-0.15, -0.1) is 0 Å². The van der Waals surface area contributed by atoms with Gasteiger partial charge in [0.25, 0.3) is 0 Å². The molecule has 0 amide bonds. The van der Waals surface area contributed by atoms with Crippen LogP contribution in [0.2, 0.25) is 0 Å². The molecule has 3 heteroatoms. The van der Waals surface area contributed by atoms with Crippen molar-refractivity contribution in [3.63, 3.8) is 0 Å². The van der Waals surface area contributed by atoms with E-state index in [4.69, 9.17) is 9.47 Å². The average Bonchev–Trinajstić information content (AvgIpc) is 2.55. The number of nitrogens with zero attached hydrogens (tertiary/aromatic N) is 1. The van der Waals surface area contributed by atoms with Gasteiger partial charge in [0.15, 0.2) is 0 Å². The average molecular weight is 293 g/mol. The topological polar surface area (TPSA) is 31.4 Å². The van der Waals surface area contributed by atoms with E-state index in [2.05, 4.69) is 31.0 Å². The summed E-state index contributed by atoms with van der Waals surface area (Å²) in [5, 5.41) is 1.08. The molecule has 1 heterocycles. The van der Waals surface area contributed by atoms with Gasteiger partial charge in [-0.2, -0.15) is 0 Å². The van der Waals surface area contributed by atoms with Crippen molar-refractivity contribution in [3.05, 3.63) is 65.9 Å². The molecule has 0 aliphatic rings. The second-order valence-electron chi connectivity index (χ2n) is 5.27. The van der Waals surface area contributed by atoms with Crippen LogP contribution >= 0.6 is 0 Å². The lowest BCUT2D eigenvalue weighted by molar-refractivity contribution is 0.218. The number of aryl methyl sites for hydroxylation is 2. The number of hydrogen-bond donors (Lipinski definition) is 0. The van der Waals surface area contributed by atoms with E-state index in [0.29, 0.717) is 13.2 Å². The molecule has 0 saturated carbocycles. The fourth-order valence-electron chi connectivity index (χ4n) is 2.31. The van der Waals surface area contributed by atoms with Gasteiger partial charge in [0.05, 0.1) is 0 Å². The van der Waals surface area contributed by atoms with Gasteiger partial charge in [-0.1, -0.05) is 24.3 Å². The monoisotopic (exact) mass is 293 g/mol. The number of fused-ring (bicyclic) bond motifs is 1. The van der Waals surface area contributed by atoms with Gasteiger partial charge in [0.1, 0.15) is 30.2 Å². The van der Waals surface area contributed by atoms with Crippen LogP contribution in [-0.4, -0.2) is 18.2 Å². The molecule has 0 fully saturated rings. The van der Waals surface area contributed by atoms with Crippen LogP contribution in [0.5, 0.6) is 11.5 Å². The van der Waals surface area contributed by atoms with Crippen LogP contribution < -0.4 is 9.47 Å². The van der Waals surface area contributed by atoms with E-state index in [-0.39, 0.29) is 0 Å². The summed E-state index contributed by atoms with van der Waals surface area (Å²) >= 11 is 0. The minimum absolute atomic E-state index is 0.489. The molecule has 0 spiro atoms. The fraction of sp³-hybridized carbons (Fsp3) is 0.211.